The smallest absolute Gasteiger partial charge is 0.220 e. The van der Waals surface area contributed by atoms with Gasteiger partial charge in [-0.25, -0.2) is 0 Å². The molecule has 0 bridgehead atoms. The van der Waals surface area contributed by atoms with Gasteiger partial charge in [0.1, 0.15) is 11.3 Å². The van der Waals surface area contributed by atoms with Gasteiger partial charge in [0, 0.05) is 29.3 Å². The van der Waals surface area contributed by atoms with Crippen LogP contribution in [0.3, 0.4) is 0 Å². The molecule has 0 radical (unpaired) electrons. The van der Waals surface area contributed by atoms with Gasteiger partial charge in [-0.3, -0.25) is 4.79 Å². The van der Waals surface area contributed by atoms with Crippen LogP contribution < -0.4 is 5.32 Å². The van der Waals surface area contributed by atoms with E-state index in [1.54, 1.807) is 0 Å². The highest BCUT2D eigenvalue weighted by Gasteiger charge is 2.35. The summed E-state index contributed by atoms with van der Waals surface area (Å²) in [6, 6.07) is 8.29. The van der Waals surface area contributed by atoms with Gasteiger partial charge in [0.05, 0.1) is 0 Å². The molecule has 0 aliphatic carbocycles. The Morgan fingerprint density at radius 2 is 2.17 bits per heavy atom. The Bertz CT molecular complexity index is 600. The van der Waals surface area contributed by atoms with Gasteiger partial charge in [0.25, 0.3) is 0 Å². The zero-order chi connectivity index (χ0) is 12.7. The molecule has 2 heterocycles. The third-order valence-electron chi connectivity index (χ3n) is 3.87. The fraction of sp³-hybridized carbons (Fsp3) is 0.400. The monoisotopic (exact) mass is 243 g/mol. The number of carbonyl (C=O) groups is 1. The summed E-state index contributed by atoms with van der Waals surface area (Å²) >= 11 is 0. The van der Waals surface area contributed by atoms with Crippen LogP contribution in [0, 0.1) is 6.92 Å². The largest absolute Gasteiger partial charge is 0.461 e. The van der Waals surface area contributed by atoms with Crippen molar-refractivity contribution in [3.8, 4) is 0 Å². The lowest BCUT2D eigenvalue weighted by Gasteiger charge is -2.16. The van der Waals surface area contributed by atoms with Crippen molar-refractivity contribution in [1.29, 1.82) is 0 Å². The van der Waals surface area contributed by atoms with Crippen molar-refractivity contribution in [3.05, 3.63) is 35.6 Å². The standard InChI is InChI=1S/C15H17NO2/c1-3-12-11(8-14(17)16-12)15-9(2)18-13-7-5-4-6-10(13)15/h4-7,11-12H,3,8H2,1-2H3,(H,16,17). The number of hydrogen-bond donors (Lipinski definition) is 1. The van der Waals surface area contributed by atoms with E-state index in [0.717, 1.165) is 23.2 Å². The molecule has 0 spiro atoms. The fourth-order valence-corrected chi connectivity index (χ4v) is 3.05. The first-order valence-corrected chi connectivity index (χ1v) is 6.48. The SMILES string of the molecule is CCC1NC(=O)CC1c1c(C)oc2ccccc12. The number of rotatable bonds is 2. The summed E-state index contributed by atoms with van der Waals surface area (Å²) in [5, 5.41) is 4.20. The maximum Gasteiger partial charge on any atom is 0.220 e. The topological polar surface area (TPSA) is 42.2 Å². The minimum atomic E-state index is 0.150. The van der Waals surface area contributed by atoms with E-state index < -0.39 is 0 Å². The van der Waals surface area contributed by atoms with Crippen LogP contribution in [0.5, 0.6) is 0 Å². The highest BCUT2D eigenvalue weighted by Crippen LogP contribution is 2.38. The molecule has 1 fully saturated rings. The fourth-order valence-electron chi connectivity index (χ4n) is 3.05. The van der Waals surface area contributed by atoms with E-state index in [-0.39, 0.29) is 17.9 Å². The second-order valence-corrected chi connectivity index (χ2v) is 4.96. The molecule has 1 aliphatic rings. The number of para-hydroxylation sites is 1. The number of carbonyl (C=O) groups excluding carboxylic acids is 1. The lowest BCUT2D eigenvalue weighted by molar-refractivity contribution is -0.119. The molecule has 3 rings (SSSR count). The summed E-state index contributed by atoms with van der Waals surface area (Å²) in [5.74, 6) is 1.33. The third kappa shape index (κ3) is 1.62. The number of fused-ring (bicyclic) bond motifs is 1. The zero-order valence-corrected chi connectivity index (χ0v) is 10.7. The maximum atomic E-state index is 11.6. The molecule has 94 valence electrons. The average molecular weight is 243 g/mol. The average Bonchev–Trinajstić information content (AvgIpc) is 2.87. The first-order chi connectivity index (χ1) is 8.70. The second-order valence-electron chi connectivity index (χ2n) is 4.96. The molecular formula is C15H17NO2. The normalized spacial score (nSPS) is 23.6. The van der Waals surface area contributed by atoms with Crippen LogP contribution in [-0.2, 0) is 4.79 Å². The van der Waals surface area contributed by atoms with Crippen molar-refractivity contribution in [1.82, 2.24) is 5.32 Å². The van der Waals surface area contributed by atoms with Crippen molar-refractivity contribution in [3.63, 3.8) is 0 Å². The zero-order valence-electron chi connectivity index (χ0n) is 10.7. The van der Waals surface area contributed by atoms with Crippen molar-refractivity contribution in [2.24, 2.45) is 0 Å². The third-order valence-corrected chi connectivity index (χ3v) is 3.87. The van der Waals surface area contributed by atoms with Gasteiger partial charge >= 0.3 is 0 Å². The van der Waals surface area contributed by atoms with Crippen molar-refractivity contribution < 1.29 is 9.21 Å². The second kappa shape index (κ2) is 4.16. The minimum absolute atomic E-state index is 0.150. The van der Waals surface area contributed by atoms with Gasteiger partial charge in [0.2, 0.25) is 5.91 Å². The Balaban J connectivity index is 2.13. The molecule has 2 aromatic rings. The minimum Gasteiger partial charge on any atom is -0.461 e. The van der Waals surface area contributed by atoms with Gasteiger partial charge < -0.3 is 9.73 Å². The molecule has 1 amide bonds. The van der Waals surface area contributed by atoms with Crippen LogP contribution in [0.2, 0.25) is 0 Å². The number of aryl methyl sites for hydroxylation is 1. The molecule has 1 aromatic carbocycles. The Kier molecular flexibility index (Phi) is 2.62. The highest BCUT2D eigenvalue weighted by atomic mass is 16.3. The Morgan fingerprint density at radius 3 is 2.94 bits per heavy atom. The molecular weight excluding hydrogens is 226 g/mol. The van der Waals surface area contributed by atoms with Crippen molar-refractivity contribution >= 4 is 16.9 Å². The van der Waals surface area contributed by atoms with Gasteiger partial charge in [-0.05, 0) is 19.4 Å². The molecule has 2 atom stereocenters. The van der Waals surface area contributed by atoms with Crippen LogP contribution in [0.15, 0.2) is 28.7 Å². The predicted octanol–water partition coefficient (Wildman–Crippen LogP) is 3.12. The van der Waals surface area contributed by atoms with Crippen LogP contribution in [0.25, 0.3) is 11.0 Å². The Morgan fingerprint density at radius 1 is 1.39 bits per heavy atom. The number of nitrogens with one attached hydrogen (secondary N) is 1. The lowest BCUT2D eigenvalue weighted by Crippen LogP contribution is -2.27. The summed E-state index contributed by atoms with van der Waals surface area (Å²) in [4.78, 5) is 11.6. The molecule has 3 nitrogen and oxygen atoms in total. The first-order valence-electron chi connectivity index (χ1n) is 6.48. The van der Waals surface area contributed by atoms with Crippen LogP contribution in [0.4, 0.5) is 0 Å². The highest BCUT2D eigenvalue weighted by molar-refractivity contribution is 5.86. The quantitative estimate of drug-likeness (QED) is 0.880. The Labute approximate surface area is 106 Å². The molecule has 1 N–H and O–H groups in total. The van der Waals surface area contributed by atoms with Gasteiger partial charge in [-0.2, -0.15) is 0 Å². The van der Waals surface area contributed by atoms with E-state index in [9.17, 15) is 4.79 Å². The summed E-state index contributed by atoms with van der Waals surface area (Å²) in [6.45, 7) is 4.10. The van der Waals surface area contributed by atoms with Crippen molar-refractivity contribution in [2.45, 2.75) is 38.6 Å². The molecule has 18 heavy (non-hydrogen) atoms. The number of amides is 1. The summed E-state index contributed by atoms with van der Waals surface area (Å²) in [7, 11) is 0. The van der Waals surface area contributed by atoms with Gasteiger partial charge in [-0.15, -0.1) is 0 Å². The number of benzene rings is 1. The van der Waals surface area contributed by atoms with Gasteiger partial charge in [0.15, 0.2) is 0 Å². The first kappa shape index (κ1) is 11.3. The summed E-state index contributed by atoms with van der Waals surface area (Å²) in [6.07, 6.45) is 1.53. The lowest BCUT2D eigenvalue weighted by atomic mass is 9.88. The number of furan rings is 1. The summed E-state index contributed by atoms with van der Waals surface area (Å²) < 4.78 is 5.80. The van der Waals surface area contributed by atoms with E-state index in [0.29, 0.717) is 6.42 Å². The summed E-state index contributed by atoms with van der Waals surface area (Å²) in [5.41, 5.74) is 2.12. The molecule has 1 aliphatic heterocycles. The van der Waals surface area contributed by atoms with Crippen LogP contribution in [-0.4, -0.2) is 11.9 Å². The molecule has 3 heteroatoms. The number of hydrogen-bond acceptors (Lipinski definition) is 2. The van der Waals surface area contributed by atoms with E-state index in [4.69, 9.17) is 4.42 Å². The van der Waals surface area contributed by atoms with Crippen LogP contribution >= 0.6 is 0 Å². The Hall–Kier alpha value is -1.77. The molecule has 0 saturated carbocycles. The predicted molar refractivity (Wildman–Crippen MR) is 70.5 cm³/mol. The molecule has 2 unspecified atom stereocenters. The maximum absolute atomic E-state index is 11.6. The van der Waals surface area contributed by atoms with E-state index in [1.807, 2.05) is 25.1 Å². The molecule has 1 aromatic heterocycles. The van der Waals surface area contributed by atoms with Crippen molar-refractivity contribution in [2.75, 3.05) is 0 Å². The van der Waals surface area contributed by atoms with Gasteiger partial charge in [-0.1, -0.05) is 25.1 Å². The van der Waals surface area contributed by atoms with E-state index in [1.165, 1.54) is 5.56 Å². The van der Waals surface area contributed by atoms with Crippen LogP contribution in [0.1, 0.15) is 37.0 Å². The van der Waals surface area contributed by atoms with E-state index >= 15 is 0 Å². The molecule has 1 saturated heterocycles. The van der Waals surface area contributed by atoms with E-state index in [2.05, 4.69) is 18.3 Å².